The van der Waals surface area contributed by atoms with Crippen molar-refractivity contribution in [2.45, 2.75) is 66.2 Å². The maximum Gasteiger partial charge on any atom is 2.00 e. The van der Waals surface area contributed by atoms with Crippen LogP contribution in [0.1, 0.15) is 95.5 Å². The monoisotopic (exact) mass is 782 g/mol. The molecule has 2 aromatic carbocycles. The van der Waals surface area contributed by atoms with Gasteiger partial charge in [0.1, 0.15) is 0 Å². The third-order valence-corrected chi connectivity index (χ3v) is 9.73. The molecule has 4 aromatic heterocycles. The SMILES string of the molecule is Cc1cc2c(cc1C)N=Cc1ccc([n-]1)C(C)(C)c1ccc([n-]1)C=Nc1cc(C)c(C)cc1N=Cc1ccc([n-]1)C(C)(C)c1ccc([n-]1)C=N2.[Cu+2].[Cu+2]. The van der Waals surface area contributed by atoms with Crippen LogP contribution in [0.4, 0.5) is 22.7 Å². The van der Waals surface area contributed by atoms with E-state index in [9.17, 15) is 0 Å². The summed E-state index contributed by atoms with van der Waals surface area (Å²) in [5.74, 6) is 0. The van der Waals surface area contributed by atoms with Gasteiger partial charge in [0.25, 0.3) is 0 Å². The van der Waals surface area contributed by atoms with Crippen molar-refractivity contribution in [1.29, 1.82) is 0 Å². The van der Waals surface area contributed by atoms with Gasteiger partial charge in [-0.25, -0.2) is 0 Å². The van der Waals surface area contributed by atoms with Crippen LogP contribution in [0, 0.1) is 27.7 Å². The first kappa shape index (κ1) is 38.5. The molecule has 0 atom stereocenters. The van der Waals surface area contributed by atoms with Crippen LogP contribution in [0.2, 0.25) is 0 Å². The molecule has 0 saturated heterocycles. The zero-order chi connectivity index (χ0) is 35.2. The van der Waals surface area contributed by atoms with Crippen molar-refractivity contribution in [2.24, 2.45) is 20.0 Å². The molecule has 270 valence electrons. The van der Waals surface area contributed by atoms with Crippen molar-refractivity contribution < 1.29 is 34.1 Å². The van der Waals surface area contributed by atoms with Gasteiger partial charge >= 0.3 is 34.1 Å². The van der Waals surface area contributed by atoms with Crippen molar-refractivity contribution in [3.8, 4) is 0 Å². The number of rotatable bonds is 0. The summed E-state index contributed by atoms with van der Waals surface area (Å²) in [4.78, 5) is 39.2. The second-order valence-electron chi connectivity index (χ2n) is 14.2. The van der Waals surface area contributed by atoms with Crippen molar-refractivity contribution >= 4 is 47.6 Å². The molecular formula is C42H40Cu2N8. The molecule has 0 fully saturated rings. The zero-order valence-corrected chi connectivity index (χ0v) is 32.3. The van der Waals surface area contributed by atoms with Gasteiger partial charge in [-0.3, -0.25) is 20.0 Å². The number of benzene rings is 2. The van der Waals surface area contributed by atoms with Gasteiger partial charge in [0.05, 0.1) is 22.7 Å². The Morgan fingerprint density at radius 3 is 0.788 bits per heavy atom. The van der Waals surface area contributed by atoms with Crippen LogP contribution in [0.25, 0.3) is 0 Å². The molecule has 8 nitrogen and oxygen atoms in total. The average Bonchev–Trinajstić information content (AvgIpc) is 3.91. The molecule has 1 aliphatic rings. The summed E-state index contributed by atoms with van der Waals surface area (Å²) in [6, 6.07) is 24.4. The van der Waals surface area contributed by atoms with Crippen molar-refractivity contribution in [2.75, 3.05) is 0 Å². The van der Waals surface area contributed by atoms with Crippen LogP contribution in [-0.4, -0.2) is 24.9 Å². The fourth-order valence-corrected chi connectivity index (χ4v) is 5.98. The topological polar surface area (TPSA) is 106 Å². The molecular weight excluding hydrogens is 744 g/mol. The number of fused-ring (bicyclic) bond motifs is 10. The van der Waals surface area contributed by atoms with Gasteiger partial charge in [0.15, 0.2) is 0 Å². The summed E-state index contributed by atoms with van der Waals surface area (Å²) in [5, 5.41) is 0. The Bertz CT molecular complexity index is 2020. The van der Waals surface area contributed by atoms with E-state index in [1.54, 1.807) is 24.9 Å². The molecule has 0 spiro atoms. The largest absolute Gasteiger partial charge is 2.00 e. The van der Waals surface area contributed by atoms with Gasteiger partial charge in [0, 0.05) is 24.9 Å². The van der Waals surface area contributed by atoms with Gasteiger partial charge in [-0.1, -0.05) is 76.2 Å². The van der Waals surface area contributed by atoms with Crippen LogP contribution in [0.15, 0.2) is 92.8 Å². The summed E-state index contributed by atoms with van der Waals surface area (Å²) >= 11 is 0. The second kappa shape index (κ2) is 15.1. The van der Waals surface area contributed by atoms with E-state index in [0.29, 0.717) is 0 Å². The van der Waals surface area contributed by atoms with Crippen LogP contribution < -0.4 is 19.9 Å². The molecule has 10 heteroatoms. The number of hydrogen-bond donors (Lipinski definition) is 0. The molecule has 0 N–H and O–H groups in total. The smallest absolute Gasteiger partial charge is 0.659 e. The Labute approximate surface area is 326 Å². The van der Waals surface area contributed by atoms with Crippen molar-refractivity contribution in [1.82, 2.24) is 19.9 Å². The van der Waals surface area contributed by atoms with E-state index >= 15 is 0 Å². The first-order chi connectivity index (χ1) is 23.9. The van der Waals surface area contributed by atoms with Crippen molar-refractivity contribution in [3.63, 3.8) is 0 Å². The summed E-state index contributed by atoms with van der Waals surface area (Å²) < 4.78 is 0. The van der Waals surface area contributed by atoms with Gasteiger partial charge in [-0.05, 0) is 85.0 Å². The van der Waals surface area contributed by atoms with Crippen LogP contribution in [-0.2, 0) is 45.0 Å². The standard InChI is InChI=1S/C42H40N8.2Cu/c1-25-17-33-34(18-26(25)2)44-22-30-10-14-38(48-30)42(7,8)40-16-12-32(50-40)24-46-36-20-28(4)27(3)19-35(36)45-23-31-11-15-39(49-31)41(5,6)37-13-9-29(47-37)21-43-33;;/h9-24H,1-8H3;;/q-4;2*+2. The minimum atomic E-state index is -0.430. The third-order valence-electron chi connectivity index (χ3n) is 9.73. The van der Waals surface area contributed by atoms with Crippen LogP contribution in [0.3, 0.4) is 0 Å². The Hall–Kier alpha value is -4.72. The number of aryl methyl sites for hydroxylation is 4. The average molecular weight is 784 g/mol. The summed E-state index contributed by atoms with van der Waals surface area (Å²) in [6.07, 6.45) is 7.20. The number of hydrogen-bond acceptors (Lipinski definition) is 4. The maximum absolute atomic E-state index is 4.94. The predicted molar refractivity (Wildman–Crippen MR) is 204 cm³/mol. The summed E-state index contributed by atoms with van der Waals surface area (Å²) in [5.41, 5.74) is 13.5. The zero-order valence-electron chi connectivity index (χ0n) is 30.4. The van der Waals surface area contributed by atoms with E-state index in [1.807, 2.05) is 48.5 Å². The molecule has 0 aliphatic carbocycles. The van der Waals surface area contributed by atoms with E-state index in [2.05, 4.69) is 79.7 Å². The number of aromatic nitrogens is 4. The normalized spacial score (nSPS) is 14.6. The third kappa shape index (κ3) is 7.71. The molecule has 5 heterocycles. The molecule has 0 saturated carbocycles. The molecule has 0 unspecified atom stereocenters. The van der Waals surface area contributed by atoms with Crippen LogP contribution in [0.5, 0.6) is 0 Å². The summed E-state index contributed by atoms with van der Waals surface area (Å²) in [7, 11) is 0. The Morgan fingerprint density at radius 2 is 0.577 bits per heavy atom. The Morgan fingerprint density at radius 1 is 0.365 bits per heavy atom. The molecule has 0 amide bonds. The van der Waals surface area contributed by atoms with Gasteiger partial charge < -0.3 is 19.9 Å². The molecule has 7 rings (SSSR count). The maximum atomic E-state index is 4.94. The van der Waals surface area contributed by atoms with Gasteiger partial charge in [0.2, 0.25) is 0 Å². The fourth-order valence-electron chi connectivity index (χ4n) is 5.98. The first-order valence-corrected chi connectivity index (χ1v) is 16.8. The molecule has 52 heavy (non-hydrogen) atoms. The second-order valence-corrected chi connectivity index (χ2v) is 14.2. The van der Waals surface area contributed by atoms with E-state index in [1.165, 1.54) is 0 Å². The Kier molecular flexibility index (Phi) is 11.2. The van der Waals surface area contributed by atoms with Crippen molar-refractivity contribution in [3.05, 3.63) is 141 Å². The molecule has 8 bridgehead atoms. The Balaban J connectivity index is 0.00000261. The quantitative estimate of drug-likeness (QED) is 0.144. The predicted octanol–water partition coefficient (Wildman–Crippen LogP) is 8.71. The molecule has 1 aliphatic heterocycles. The number of nitrogens with zero attached hydrogens (tertiary/aromatic N) is 8. The van der Waals surface area contributed by atoms with E-state index in [0.717, 1.165) is 90.6 Å². The minimum absolute atomic E-state index is 0. The molecule has 6 aromatic rings. The van der Waals surface area contributed by atoms with Gasteiger partial charge in [-0.15, -0.1) is 22.8 Å². The van der Waals surface area contributed by atoms with E-state index < -0.39 is 10.8 Å². The molecule has 2 radical (unpaired) electrons. The summed E-state index contributed by atoms with van der Waals surface area (Å²) in [6.45, 7) is 16.9. The minimum Gasteiger partial charge on any atom is -0.659 e. The van der Waals surface area contributed by atoms with E-state index in [-0.39, 0.29) is 34.1 Å². The first-order valence-electron chi connectivity index (χ1n) is 16.8. The number of aliphatic imine (C=N–C) groups is 4. The van der Waals surface area contributed by atoms with Crippen LogP contribution >= 0.6 is 0 Å². The fraction of sp³-hybridized carbons (Fsp3) is 0.238. The van der Waals surface area contributed by atoms with Gasteiger partial charge in [-0.2, -0.15) is 22.8 Å². The van der Waals surface area contributed by atoms with E-state index in [4.69, 9.17) is 39.9 Å².